The van der Waals surface area contributed by atoms with Crippen LogP contribution in [0.15, 0.2) is 78.9 Å². The summed E-state index contributed by atoms with van der Waals surface area (Å²) in [6.45, 7) is 0. The van der Waals surface area contributed by atoms with Crippen LogP contribution in [0.25, 0.3) is 0 Å². The molecule has 0 amide bonds. The fraction of sp³-hybridized carbons (Fsp3) is 0.0833. The Bertz CT molecular complexity index is 989. The molecule has 5 heteroatoms. The first-order valence-corrected chi connectivity index (χ1v) is 9.07. The van der Waals surface area contributed by atoms with E-state index in [1.807, 2.05) is 0 Å². The molecule has 0 aliphatic carbocycles. The average molecular weight is 385 g/mol. The van der Waals surface area contributed by atoms with Gasteiger partial charge in [-0.2, -0.15) is 0 Å². The van der Waals surface area contributed by atoms with Crippen molar-refractivity contribution in [3.63, 3.8) is 0 Å². The van der Waals surface area contributed by atoms with Gasteiger partial charge in [0.05, 0.1) is 12.8 Å². The van der Waals surface area contributed by atoms with Crippen LogP contribution in [0.5, 0.6) is 0 Å². The molecule has 0 aromatic heterocycles. The SMILES string of the molecule is Nc1cc(C(=O)CC(=O)c2ccccc2)cc(C(=O)CC(=O)c2ccccc2)c1. The summed E-state index contributed by atoms with van der Waals surface area (Å²) in [7, 11) is 0. The number of hydrogen-bond acceptors (Lipinski definition) is 5. The maximum Gasteiger partial charge on any atom is 0.170 e. The number of carbonyl (C=O) groups excluding carboxylic acids is 4. The van der Waals surface area contributed by atoms with Gasteiger partial charge in [-0.25, -0.2) is 0 Å². The predicted octanol–water partition coefficient (Wildman–Crippen LogP) is 4.18. The molecule has 0 bridgehead atoms. The molecule has 5 nitrogen and oxygen atoms in total. The molecule has 0 saturated carbocycles. The van der Waals surface area contributed by atoms with Crippen LogP contribution in [0.4, 0.5) is 5.69 Å². The molecule has 0 aliphatic heterocycles. The van der Waals surface area contributed by atoms with Crippen molar-refractivity contribution in [2.24, 2.45) is 0 Å². The van der Waals surface area contributed by atoms with E-state index in [1.165, 1.54) is 18.2 Å². The van der Waals surface area contributed by atoms with E-state index >= 15 is 0 Å². The molecular weight excluding hydrogens is 366 g/mol. The lowest BCUT2D eigenvalue weighted by atomic mass is 9.96. The second-order valence-electron chi connectivity index (χ2n) is 6.62. The molecule has 0 radical (unpaired) electrons. The first kappa shape index (κ1) is 19.9. The number of Topliss-reactive ketones (excluding diaryl/α,β-unsaturated/α-hetero) is 4. The third-order valence-electron chi connectivity index (χ3n) is 4.43. The molecule has 29 heavy (non-hydrogen) atoms. The van der Waals surface area contributed by atoms with Gasteiger partial charge in [0.15, 0.2) is 23.1 Å². The quantitative estimate of drug-likeness (QED) is 0.357. The molecule has 0 unspecified atom stereocenters. The van der Waals surface area contributed by atoms with E-state index in [1.54, 1.807) is 60.7 Å². The first-order valence-electron chi connectivity index (χ1n) is 9.07. The van der Waals surface area contributed by atoms with E-state index < -0.39 is 11.6 Å². The van der Waals surface area contributed by atoms with Gasteiger partial charge in [0.2, 0.25) is 0 Å². The first-order chi connectivity index (χ1) is 13.9. The molecule has 2 N–H and O–H groups in total. The van der Waals surface area contributed by atoms with Crippen molar-refractivity contribution in [2.45, 2.75) is 12.8 Å². The van der Waals surface area contributed by atoms with Crippen molar-refractivity contribution < 1.29 is 19.2 Å². The fourth-order valence-electron chi connectivity index (χ4n) is 2.92. The van der Waals surface area contributed by atoms with Gasteiger partial charge in [-0.15, -0.1) is 0 Å². The van der Waals surface area contributed by atoms with Gasteiger partial charge in [-0.1, -0.05) is 60.7 Å². The minimum Gasteiger partial charge on any atom is -0.399 e. The summed E-state index contributed by atoms with van der Waals surface area (Å²) in [6, 6.07) is 21.2. The van der Waals surface area contributed by atoms with Crippen LogP contribution in [0.2, 0.25) is 0 Å². The molecule has 0 spiro atoms. The number of benzene rings is 3. The number of rotatable bonds is 8. The Morgan fingerprint density at radius 3 is 1.24 bits per heavy atom. The number of anilines is 1. The molecule has 0 heterocycles. The predicted molar refractivity (Wildman–Crippen MR) is 110 cm³/mol. The third kappa shape index (κ3) is 5.11. The summed E-state index contributed by atoms with van der Waals surface area (Å²) in [6.07, 6.45) is -0.659. The van der Waals surface area contributed by atoms with Crippen molar-refractivity contribution in [3.8, 4) is 0 Å². The Kier molecular flexibility index (Phi) is 6.09. The van der Waals surface area contributed by atoms with Crippen molar-refractivity contribution in [3.05, 3.63) is 101 Å². The zero-order valence-corrected chi connectivity index (χ0v) is 15.6. The van der Waals surface area contributed by atoms with Crippen LogP contribution in [-0.4, -0.2) is 23.1 Å². The summed E-state index contributed by atoms with van der Waals surface area (Å²) < 4.78 is 0. The topological polar surface area (TPSA) is 94.3 Å². The van der Waals surface area contributed by atoms with Crippen LogP contribution in [0, 0.1) is 0 Å². The average Bonchev–Trinajstić information content (AvgIpc) is 2.74. The Morgan fingerprint density at radius 1 is 0.517 bits per heavy atom. The van der Waals surface area contributed by atoms with E-state index in [2.05, 4.69) is 0 Å². The Morgan fingerprint density at radius 2 is 0.862 bits per heavy atom. The largest absolute Gasteiger partial charge is 0.399 e. The third-order valence-corrected chi connectivity index (χ3v) is 4.43. The van der Waals surface area contributed by atoms with E-state index in [9.17, 15) is 19.2 Å². The molecular formula is C24H19NO4. The van der Waals surface area contributed by atoms with Crippen LogP contribution < -0.4 is 5.73 Å². The van der Waals surface area contributed by atoms with Gasteiger partial charge in [0, 0.05) is 27.9 Å². The Balaban J connectivity index is 1.75. The highest BCUT2D eigenvalue weighted by Gasteiger charge is 2.18. The summed E-state index contributed by atoms with van der Waals surface area (Å²) >= 11 is 0. The van der Waals surface area contributed by atoms with Gasteiger partial charge < -0.3 is 5.73 Å². The van der Waals surface area contributed by atoms with Gasteiger partial charge >= 0.3 is 0 Å². The van der Waals surface area contributed by atoms with Crippen molar-refractivity contribution in [2.75, 3.05) is 5.73 Å². The highest BCUT2D eigenvalue weighted by molar-refractivity contribution is 6.16. The molecule has 0 atom stereocenters. The van der Waals surface area contributed by atoms with Gasteiger partial charge in [0.1, 0.15) is 0 Å². The number of nitrogen functional groups attached to an aromatic ring is 1. The highest BCUT2D eigenvalue weighted by Crippen LogP contribution is 2.18. The zero-order chi connectivity index (χ0) is 20.8. The Labute approximate surface area is 168 Å². The van der Waals surface area contributed by atoms with E-state index in [0.717, 1.165) is 0 Å². The summed E-state index contributed by atoms with van der Waals surface area (Å²) in [5, 5.41) is 0. The van der Waals surface area contributed by atoms with E-state index in [4.69, 9.17) is 5.73 Å². The van der Waals surface area contributed by atoms with E-state index in [-0.39, 0.29) is 41.2 Å². The van der Waals surface area contributed by atoms with Gasteiger partial charge in [0.25, 0.3) is 0 Å². The lowest BCUT2D eigenvalue weighted by molar-refractivity contribution is 0.0882. The number of carbonyl (C=O) groups is 4. The smallest absolute Gasteiger partial charge is 0.170 e. The molecule has 0 saturated heterocycles. The number of ketones is 4. The van der Waals surface area contributed by atoms with Gasteiger partial charge in [-0.05, 0) is 18.2 Å². The molecule has 0 aliphatic rings. The zero-order valence-electron chi connectivity index (χ0n) is 15.6. The lowest BCUT2D eigenvalue weighted by Gasteiger charge is -2.07. The Hall–Kier alpha value is -3.86. The van der Waals surface area contributed by atoms with Gasteiger partial charge in [-0.3, -0.25) is 19.2 Å². The summed E-state index contributed by atoms with van der Waals surface area (Å²) in [4.78, 5) is 49.6. The van der Waals surface area contributed by atoms with Crippen LogP contribution in [0.1, 0.15) is 54.3 Å². The van der Waals surface area contributed by atoms with Crippen LogP contribution in [0.3, 0.4) is 0 Å². The molecule has 3 aromatic rings. The fourth-order valence-corrected chi connectivity index (χ4v) is 2.92. The molecule has 3 rings (SSSR count). The monoisotopic (exact) mass is 385 g/mol. The normalized spacial score (nSPS) is 10.3. The number of hydrogen-bond donors (Lipinski definition) is 1. The van der Waals surface area contributed by atoms with Crippen LogP contribution >= 0.6 is 0 Å². The maximum atomic E-state index is 12.5. The van der Waals surface area contributed by atoms with E-state index in [0.29, 0.717) is 11.1 Å². The van der Waals surface area contributed by atoms with Crippen molar-refractivity contribution in [1.29, 1.82) is 0 Å². The van der Waals surface area contributed by atoms with Crippen LogP contribution in [-0.2, 0) is 0 Å². The van der Waals surface area contributed by atoms with Crippen molar-refractivity contribution in [1.82, 2.24) is 0 Å². The maximum absolute atomic E-state index is 12.5. The minimum atomic E-state index is -0.436. The highest BCUT2D eigenvalue weighted by atomic mass is 16.2. The summed E-state index contributed by atoms with van der Waals surface area (Å²) in [5.74, 6) is -1.50. The lowest BCUT2D eigenvalue weighted by Crippen LogP contribution is -2.12. The minimum absolute atomic E-state index is 0.171. The molecule has 144 valence electrons. The second kappa shape index (κ2) is 8.89. The molecule has 3 aromatic carbocycles. The number of nitrogens with two attached hydrogens (primary N) is 1. The standard InChI is InChI=1S/C24H19NO4/c25-20-12-18(23(28)14-21(26)16-7-3-1-4-8-16)11-19(13-20)24(29)15-22(27)17-9-5-2-6-10-17/h1-13H,14-15,25H2. The van der Waals surface area contributed by atoms with Crippen molar-refractivity contribution >= 4 is 28.8 Å². The molecule has 0 fully saturated rings. The summed E-state index contributed by atoms with van der Waals surface area (Å²) in [5.41, 5.74) is 7.29. The second-order valence-corrected chi connectivity index (χ2v) is 6.62.